The maximum absolute atomic E-state index is 15.0. The van der Waals surface area contributed by atoms with Gasteiger partial charge >= 0.3 is 11.9 Å². The van der Waals surface area contributed by atoms with Gasteiger partial charge in [-0.1, -0.05) is 42.5 Å². The van der Waals surface area contributed by atoms with E-state index in [9.17, 15) is 27.2 Å². The molecule has 7 nitrogen and oxygen atoms in total. The number of halogens is 4. The summed E-state index contributed by atoms with van der Waals surface area (Å²) in [5.74, 6) is -0.219. The molecule has 0 radical (unpaired) electrons. The third kappa shape index (κ3) is 6.49. The molecule has 3 aromatic rings. The average molecular weight is 519 g/mol. The van der Waals surface area contributed by atoms with E-state index in [-0.39, 0.29) is 28.7 Å². The zero-order valence-corrected chi connectivity index (χ0v) is 20.3. The number of nitrogens with zero attached hydrogens (tertiary/aromatic N) is 2. The van der Waals surface area contributed by atoms with Gasteiger partial charge in [0.1, 0.15) is 23.9 Å². The van der Waals surface area contributed by atoms with Crippen LogP contribution in [0.3, 0.4) is 0 Å². The van der Waals surface area contributed by atoms with Gasteiger partial charge in [-0.3, -0.25) is 13.9 Å². The molecule has 2 aromatic carbocycles. The largest absolute Gasteiger partial charge is 0.485 e. The molecular weight excluding hydrogens is 494 g/mol. The maximum atomic E-state index is 15.0. The number of aromatic nitrogens is 2. The Morgan fingerprint density at radius 2 is 1.65 bits per heavy atom. The lowest BCUT2D eigenvalue weighted by Gasteiger charge is -2.17. The van der Waals surface area contributed by atoms with Crippen LogP contribution in [-0.4, -0.2) is 9.13 Å². The van der Waals surface area contributed by atoms with Crippen LogP contribution in [0.25, 0.3) is 0 Å². The third-order valence-corrected chi connectivity index (χ3v) is 5.48. The number of rotatable bonds is 8. The minimum absolute atomic E-state index is 0.0887. The van der Waals surface area contributed by atoms with Crippen molar-refractivity contribution >= 4 is 0 Å². The molecule has 2 N–H and O–H groups in total. The highest BCUT2D eigenvalue weighted by molar-refractivity contribution is 5.41. The van der Waals surface area contributed by atoms with Gasteiger partial charge in [0.05, 0.1) is 11.7 Å². The summed E-state index contributed by atoms with van der Waals surface area (Å²) < 4.78 is 66.4. The van der Waals surface area contributed by atoms with Gasteiger partial charge in [-0.15, -0.1) is 0 Å². The van der Waals surface area contributed by atoms with Gasteiger partial charge in [-0.2, -0.15) is 13.2 Å². The topological polar surface area (TPSA) is 88.5 Å². The van der Waals surface area contributed by atoms with Gasteiger partial charge in [-0.05, 0) is 37.6 Å². The number of allylic oxidation sites excluding steroid dienone is 3. The molecule has 0 aliphatic carbocycles. The molecule has 0 amide bonds. The number of alkyl halides is 3. The summed E-state index contributed by atoms with van der Waals surface area (Å²) in [5.41, 5.74) is 2.67. The predicted molar refractivity (Wildman–Crippen MR) is 130 cm³/mol. The van der Waals surface area contributed by atoms with Crippen molar-refractivity contribution in [1.29, 1.82) is 0 Å². The number of hydrogen-bond acceptors (Lipinski definition) is 5. The first kappa shape index (κ1) is 27.3. The molecule has 0 fully saturated rings. The normalized spacial score (nSPS) is 13.6. The first-order chi connectivity index (χ1) is 17.4. The molecule has 1 unspecified atom stereocenters. The van der Waals surface area contributed by atoms with Crippen LogP contribution in [0.5, 0.6) is 11.5 Å². The van der Waals surface area contributed by atoms with Crippen LogP contribution in [0, 0.1) is 0 Å². The first-order valence-corrected chi connectivity index (χ1v) is 11.1. The van der Waals surface area contributed by atoms with E-state index >= 15 is 0 Å². The molecule has 1 heterocycles. The van der Waals surface area contributed by atoms with Gasteiger partial charge in [0.25, 0.3) is 5.56 Å². The van der Waals surface area contributed by atoms with Crippen molar-refractivity contribution < 1.29 is 27.0 Å². The van der Waals surface area contributed by atoms with Crippen molar-refractivity contribution in [3.8, 4) is 11.5 Å². The Morgan fingerprint density at radius 3 is 2.27 bits per heavy atom. The van der Waals surface area contributed by atoms with Crippen LogP contribution in [0.4, 0.5) is 17.6 Å². The monoisotopic (exact) mass is 519 g/mol. The van der Waals surface area contributed by atoms with E-state index in [0.717, 1.165) is 25.6 Å². The number of nitrogens with two attached hydrogens (primary N) is 1. The maximum Gasteiger partial charge on any atom is 0.431 e. The zero-order valence-electron chi connectivity index (χ0n) is 20.3. The Kier molecular flexibility index (Phi) is 8.26. The molecule has 1 atom stereocenters. The highest BCUT2D eigenvalue weighted by atomic mass is 19.4. The van der Waals surface area contributed by atoms with E-state index in [1.807, 2.05) is 30.3 Å². The van der Waals surface area contributed by atoms with Gasteiger partial charge < -0.3 is 15.2 Å². The Bertz CT molecular complexity index is 1440. The van der Waals surface area contributed by atoms with E-state index < -0.39 is 35.0 Å². The fraction of sp³-hybridized carbons (Fsp3) is 0.231. The predicted octanol–water partition coefficient (Wildman–Crippen LogP) is 4.83. The highest BCUT2D eigenvalue weighted by Crippen LogP contribution is 2.30. The van der Waals surface area contributed by atoms with Crippen LogP contribution in [0.1, 0.15) is 31.1 Å². The van der Waals surface area contributed by atoms with Crippen molar-refractivity contribution in [2.45, 2.75) is 32.7 Å². The van der Waals surface area contributed by atoms with Gasteiger partial charge in [0.2, 0.25) is 0 Å². The molecule has 196 valence electrons. The molecule has 37 heavy (non-hydrogen) atoms. The van der Waals surface area contributed by atoms with Crippen molar-refractivity contribution in [2.75, 3.05) is 0 Å². The molecular formula is C26H25F4N3O4. The second-order valence-electron chi connectivity index (χ2n) is 8.12. The lowest BCUT2D eigenvalue weighted by molar-refractivity contribution is -0.144. The fourth-order valence-corrected chi connectivity index (χ4v) is 3.38. The Morgan fingerprint density at radius 1 is 1.05 bits per heavy atom. The lowest BCUT2D eigenvalue weighted by Crippen LogP contribution is -2.43. The Hall–Kier alpha value is -4.28. The molecule has 0 aliphatic rings. The van der Waals surface area contributed by atoms with Gasteiger partial charge in [0, 0.05) is 13.1 Å². The smallest absolute Gasteiger partial charge is 0.431 e. The van der Waals surface area contributed by atoms with Crippen molar-refractivity contribution in [3.05, 3.63) is 116 Å². The summed E-state index contributed by atoms with van der Waals surface area (Å²) in [6.45, 7) is 2.90. The summed E-state index contributed by atoms with van der Waals surface area (Å²) in [7, 11) is 0.846. The van der Waals surface area contributed by atoms with Crippen LogP contribution in [0.15, 0.2) is 93.6 Å². The molecule has 11 heteroatoms. The molecule has 0 bridgehead atoms. The van der Waals surface area contributed by atoms with Crippen LogP contribution >= 0.6 is 0 Å². The summed E-state index contributed by atoms with van der Waals surface area (Å²) in [6, 6.07) is 14.9. The summed E-state index contributed by atoms with van der Waals surface area (Å²) in [4.78, 5) is 24.7. The van der Waals surface area contributed by atoms with Crippen molar-refractivity contribution in [1.82, 2.24) is 9.13 Å². The van der Waals surface area contributed by atoms with E-state index in [4.69, 9.17) is 15.2 Å². The van der Waals surface area contributed by atoms with Crippen LogP contribution in [-0.2, 0) is 19.8 Å². The van der Waals surface area contributed by atoms with E-state index in [1.54, 1.807) is 24.3 Å². The van der Waals surface area contributed by atoms with E-state index in [0.29, 0.717) is 16.1 Å². The SMILES string of the molecule is C/C(Oc1ccccc1OCc1ccccc1)=C(N)\C=C(\F)C(C)n1c(=O)cc(C(F)(F)F)n(C)c1=O. The fourth-order valence-electron chi connectivity index (χ4n) is 3.38. The lowest BCUT2D eigenvalue weighted by atomic mass is 10.2. The molecule has 1 aromatic heterocycles. The Labute approximate surface area is 209 Å². The van der Waals surface area contributed by atoms with Crippen molar-refractivity contribution in [2.24, 2.45) is 12.8 Å². The van der Waals surface area contributed by atoms with Crippen LogP contribution in [0.2, 0.25) is 0 Å². The van der Waals surface area contributed by atoms with E-state index in [2.05, 4.69) is 0 Å². The summed E-state index contributed by atoms with van der Waals surface area (Å²) in [6.07, 6.45) is -4.08. The minimum atomic E-state index is -4.92. The Balaban J connectivity index is 1.84. The van der Waals surface area contributed by atoms with Gasteiger partial charge in [-0.25, -0.2) is 9.18 Å². The molecule has 0 spiro atoms. The average Bonchev–Trinajstić information content (AvgIpc) is 2.85. The number of ether oxygens (including phenoxy) is 2. The zero-order chi connectivity index (χ0) is 27.3. The molecule has 3 rings (SSSR count). The molecule has 0 saturated carbocycles. The number of hydrogen-bond donors (Lipinski definition) is 1. The molecule has 0 saturated heterocycles. The minimum Gasteiger partial charge on any atom is -0.485 e. The second kappa shape index (κ2) is 11.2. The summed E-state index contributed by atoms with van der Waals surface area (Å²) >= 11 is 0. The number of para-hydroxylation sites is 2. The molecule has 0 aliphatic heterocycles. The summed E-state index contributed by atoms with van der Waals surface area (Å²) in [5, 5.41) is 0. The highest BCUT2D eigenvalue weighted by Gasteiger charge is 2.35. The van der Waals surface area contributed by atoms with Crippen molar-refractivity contribution in [3.63, 3.8) is 0 Å². The quantitative estimate of drug-likeness (QED) is 0.262. The van der Waals surface area contributed by atoms with Crippen LogP contribution < -0.4 is 26.5 Å². The standard InChI is InChI=1S/C26H25F4N3O4/c1-16(33-24(34)14-23(26(28,29)30)32(3)25(33)35)19(27)13-20(31)17(2)37-22-12-8-7-11-21(22)36-15-18-9-5-4-6-10-18/h4-14,16H,15,31H2,1-3H3/b19-13+,20-17-. The van der Waals surface area contributed by atoms with Gasteiger partial charge in [0.15, 0.2) is 11.5 Å². The first-order valence-electron chi connectivity index (χ1n) is 11.1. The van der Waals surface area contributed by atoms with E-state index in [1.165, 1.54) is 6.92 Å². The second-order valence-corrected chi connectivity index (χ2v) is 8.12. The number of benzene rings is 2. The third-order valence-electron chi connectivity index (χ3n) is 5.48.